The van der Waals surface area contributed by atoms with E-state index in [4.69, 9.17) is 0 Å². The van der Waals surface area contributed by atoms with Crippen LogP contribution in [0.15, 0.2) is 29.2 Å². The minimum atomic E-state index is -3.58. The molecule has 2 rings (SSSR count). The molecule has 0 radical (unpaired) electrons. The van der Waals surface area contributed by atoms with Crippen LogP contribution < -0.4 is 9.62 Å². The number of sulfonamides is 1. The normalized spacial score (nSPS) is 16.8. The Labute approximate surface area is 138 Å². The van der Waals surface area contributed by atoms with E-state index in [1.807, 2.05) is 0 Å². The quantitative estimate of drug-likeness (QED) is 0.775. The standard InChI is InChI=1S/C16H25N3O3S/c1-4-18-8-10-19(11-9-18)16(20)14-6-5-7-15(12-14)23(21,22)17-13(2)3/h5-7,12-13,17H,4,8-11H2,1-3H3/p+1. The fourth-order valence-corrected chi connectivity index (χ4v) is 4.03. The predicted octanol–water partition coefficient (Wildman–Crippen LogP) is -0.266. The van der Waals surface area contributed by atoms with Crippen molar-refractivity contribution in [3.8, 4) is 0 Å². The zero-order valence-electron chi connectivity index (χ0n) is 14.0. The topological polar surface area (TPSA) is 70.9 Å². The molecular weight excluding hydrogens is 314 g/mol. The maximum atomic E-state index is 12.6. The molecule has 23 heavy (non-hydrogen) atoms. The Morgan fingerprint density at radius 1 is 1.30 bits per heavy atom. The van der Waals surface area contributed by atoms with Crippen molar-refractivity contribution in [2.45, 2.75) is 31.7 Å². The number of nitrogens with zero attached hydrogens (tertiary/aromatic N) is 1. The number of hydrogen-bond donors (Lipinski definition) is 2. The highest BCUT2D eigenvalue weighted by Crippen LogP contribution is 2.14. The van der Waals surface area contributed by atoms with Gasteiger partial charge in [-0.25, -0.2) is 13.1 Å². The van der Waals surface area contributed by atoms with Crippen LogP contribution in [0, 0.1) is 0 Å². The monoisotopic (exact) mass is 340 g/mol. The number of likely N-dealkylation sites (N-methyl/N-ethyl adjacent to an activating group) is 1. The van der Waals surface area contributed by atoms with Crippen LogP contribution in [-0.2, 0) is 10.0 Å². The van der Waals surface area contributed by atoms with Gasteiger partial charge >= 0.3 is 0 Å². The van der Waals surface area contributed by atoms with Crippen molar-refractivity contribution in [2.24, 2.45) is 0 Å². The Hall–Kier alpha value is -1.44. The number of quaternary nitrogens is 1. The first-order valence-corrected chi connectivity index (χ1v) is 9.57. The number of hydrogen-bond acceptors (Lipinski definition) is 3. The summed E-state index contributed by atoms with van der Waals surface area (Å²) in [6.45, 7) is 10.0. The van der Waals surface area contributed by atoms with Crippen molar-refractivity contribution in [3.05, 3.63) is 29.8 Å². The third kappa shape index (κ3) is 4.53. The Morgan fingerprint density at radius 3 is 2.52 bits per heavy atom. The Kier molecular flexibility index (Phi) is 5.78. The molecule has 0 atom stereocenters. The molecule has 1 aliphatic heterocycles. The lowest BCUT2D eigenvalue weighted by atomic mass is 10.2. The van der Waals surface area contributed by atoms with Crippen LogP contribution in [0.3, 0.4) is 0 Å². The van der Waals surface area contributed by atoms with Gasteiger partial charge in [-0.3, -0.25) is 4.79 Å². The molecule has 2 N–H and O–H groups in total. The van der Waals surface area contributed by atoms with Crippen molar-refractivity contribution in [3.63, 3.8) is 0 Å². The molecule has 7 heteroatoms. The molecule has 0 unspecified atom stereocenters. The number of amides is 1. The summed E-state index contributed by atoms with van der Waals surface area (Å²) in [7, 11) is -3.58. The molecule has 1 amide bonds. The second-order valence-corrected chi connectivity index (χ2v) is 7.91. The van der Waals surface area contributed by atoms with Crippen LogP contribution in [0.5, 0.6) is 0 Å². The maximum absolute atomic E-state index is 12.6. The van der Waals surface area contributed by atoms with Gasteiger partial charge in [0.25, 0.3) is 5.91 Å². The average molecular weight is 340 g/mol. The van der Waals surface area contributed by atoms with E-state index < -0.39 is 10.0 Å². The highest BCUT2D eigenvalue weighted by molar-refractivity contribution is 7.89. The highest BCUT2D eigenvalue weighted by Gasteiger charge is 2.24. The Bertz CT molecular complexity index is 650. The largest absolute Gasteiger partial charge is 0.332 e. The van der Waals surface area contributed by atoms with E-state index in [1.54, 1.807) is 30.9 Å². The summed E-state index contributed by atoms with van der Waals surface area (Å²) in [5.41, 5.74) is 0.427. The molecule has 0 spiro atoms. The summed E-state index contributed by atoms with van der Waals surface area (Å²) in [6, 6.07) is 6.09. The summed E-state index contributed by atoms with van der Waals surface area (Å²) < 4.78 is 27.0. The lowest BCUT2D eigenvalue weighted by Crippen LogP contribution is -3.14. The van der Waals surface area contributed by atoms with Crippen LogP contribution in [0.2, 0.25) is 0 Å². The van der Waals surface area contributed by atoms with Crippen molar-refractivity contribution in [1.82, 2.24) is 9.62 Å². The first-order valence-electron chi connectivity index (χ1n) is 8.08. The number of benzene rings is 1. The lowest BCUT2D eigenvalue weighted by molar-refractivity contribution is -0.902. The van der Waals surface area contributed by atoms with Gasteiger partial charge in [-0.05, 0) is 39.0 Å². The van der Waals surface area contributed by atoms with E-state index in [0.717, 1.165) is 19.6 Å². The number of rotatable bonds is 5. The third-order valence-electron chi connectivity index (χ3n) is 4.04. The zero-order valence-corrected chi connectivity index (χ0v) is 14.8. The van der Waals surface area contributed by atoms with Crippen LogP contribution in [0.25, 0.3) is 0 Å². The van der Waals surface area contributed by atoms with Gasteiger partial charge in [0.2, 0.25) is 10.0 Å². The van der Waals surface area contributed by atoms with Gasteiger partial charge in [-0.15, -0.1) is 0 Å². The van der Waals surface area contributed by atoms with Crippen molar-refractivity contribution >= 4 is 15.9 Å². The molecule has 0 aromatic heterocycles. The second kappa shape index (κ2) is 7.42. The van der Waals surface area contributed by atoms with Crippen LogP contribution in [0.1, 0.15) is 31.1 Å². The molecule has 1 fully saturated rings. The maximum Gasteiger partial charge on any atom is 0.254 e. The van der Waals surface area contributed by atoms with Crippen LogP contribution in [0.4, 0.5) is 0 Å². The molecule has 1 aromatic rings. The van der Waals surface area contributed by atoms with E-state index in [1.165, 1.54) is 17.0 Å². The fourth-order valence-electron chi connectivity index (χ4n) is 2.74. The molecule has 128 valence electrons. The van der Waals surface area contributed by atoms with Crippen LogP contribution in [-0.4, -0.2) is 58.0 Å². The molecule has 6 nitrogen and oxygen atoms in total. The van der Waals surface area contributed by atoms with Gasteiger partial charge in [-0.2, -0.15) is 0 Å². The lowest BCUT2D eigenvalue weighted by Gasteiger charge is -2.31. The molecule has 1 heterocycles. The van der Waals surface area contributed by atoms with E-state index in [0.29, 0.717) is 18.7 Å². The summed E-state index contributed by atoms with van der Waals surface area (Å²) in [4.78, 5) is 16.0. The van der Waals surface area contributed by atoms with Crippen LogP contribution >= 0.6 is 0 Å². The summed E-state index contributed by atoms with van der Waals surface area (Å²) >= 11 is 0. The number of nitrogens with one attached hydrogen (secondary N) is 2. The first-order chi connectivity index (χ1) is 10.8. The molecule has 1 saturated heterocycles. The van der Waals surface area contributed by atoms with Gasteiger partial charge < -0.3 is 9.80 Å². The first kappa shape index (κ1) is 17.9. The fraction of sp³-hybridized carbons (Fsp3) is 0.562. The highest BCUT2D eigenvalue weighted by atomic mass is 32.2. The van der Waals surface area contributed by atoms with Gasteiger partial charge in [0.05, 0.1) is 37.6 Å². The third-order valence-corrected chi connectivity index (χ3v) is 5.70. The number of carbonyl (C=O) groups excluding carboxylic acids is 1. The predicted molar refractivity (Wildman–Crippen MR) is 89.0 cm³/mol. The van der Waals surface area contributed by atoms with Crippen molar-refractivity contribution in [1.29, 1.82) is 0 Å². The minimum Gasteiger partial charge on any atom is -0.332 e. The van der Waals surface area contributed by atoms with E-state index >= 15 is 0 Å². The van der Waals surface area contributed by atoms with E-state index in [9.17, 15) is 13.2 Å². The minimum absolute atomic E-state index is 0.0956. The van der Waals surface area contributed by atoms with E-state index in [2.05, 4.69) is 11.6 Å². The van der Waals surface area contributed by atoms with Crippen molar-refractivity contribution < 1.29 is 18.1 Å². The summed E-state index contributed by atoms with van der Waals surface area (Å²) in [5, 5.41) is 0. The van der Waals surface area contributed by atoms with E-state index in [-0.39, 0.29) is 16.8 Å². The molecule has 1 aromatic carbocycles. The number of carbonyl (C=O) groups is 1. The van der Waals surface area contributed by atoms with Gasteiger partial charge in [0.1, 0.15) is 0 Å². The smallest absolute Gasteiger partial charge is 0.254 e. The van der Waals surface area contributed by atoms with Gasteiger partial charge in [0.15, 0.2) is 0 Å². The molecule has 0 aliphatic carbocycles. The van der Waals surface area contributed by atoms with Gasteiger partial charge in [0, 0.05) is 11.6 Å². The number of piperazine rings is 1. The summed E-state index contributed by atoms with van der Waals surface area (Å²) in [5.74, 6) is -0.0956. The van der Waals surface area contributed by atoms with Gasteiger partial charge in [-0.1, -0.05) is 6.07 Å². The molecule has 1 aliphatic rings. The Morgan fingerprint density at radius 2 is 1.96 bits per heavy atom. The average Bonchev–Trinajstić information content (AvgIpc) is 2.53. The molecule has 0 saturated carbocycles. The molecular formula is C16H26N3O3S+. The SMILES string of the molecule is CC[NH+]1CCN(C(=O)c2cccc(S(=O)(=O)NC(C)C)c2)CC1. The second-order valence-electron chi connectivity index (χ2n) is 6.20. The van der Waals surface area contributed by atoms with Crippen molar-refractivity contribution in [2.75, 3.05) is 32.7 Å². The summed E-state index contributed by atoms with van der Waals surface area (Å²) in [6.07, 6.45) is 0. The molecule has 0 bridgehead atoms. The zero-order chi connectivity index (χ0) is 17.0. The Balaban J connectivity index is 2.15.